The van der Waals surface area contributed by atoms with E-state index >= 15 is 0 Å². The van der Waals surface area contributed by atoms with Crippen molar-refractivity contribution in [1.82, 2.24) is 20.1 Å². The lowest BCUT2D eigenvalue weighted by molar-refractivity contribution is -0.121. The highest BCUT2D eigenvalue weighted by Crippen LogP contribution is 2.29. The van der Waals surface area contributed by atoms with Gasteiger partial charge in [-0.1, -0.05) is 63.9 Å². The summed E-state index contributed by atoms with van der Waals surface area (Å²) in [6.45, 7) is 9.30. The zero-order chi connectivity index (χ0) is 23.8. The van der Waals surface area contributed by atoms with Gasteiger partial charge in [0.2, 0.25) is 5.91 Å². The topological polar surface area (TPSA) is 92.8 Å². The van der Waals surface area contributed by atoms with Gasteiger partial charge in [0.25, 0.3) is 0 Å². The van der Waals surface area contributed by atoms with Crippen LogP contribution in [0.4, 0.5) is 0 Å². The second-order valence-electron chi connectivity index (χ2n) is 9.19. The molecule has 1 aromatic carbocycles. The Kier molecular flexibility index (Phi) is 8.79. The molecule has 0 spiro atoms. The lowest BCUT2D eigenvalue weighted by Crippen LogP contribution is -2.51. The van der Waals surface area contributed by atoms with E-state index in [0.717, 1.165) is 56.6 Å². The summed E-state index contributed by atoms with van der Waals surface area (Å²) in [5, 5.41) is 21.7. The number of carbonyl (C=O) groups is 1. The van der Waals surface area contributed by atoms with Crippen LogP contribution in [-0.4, -0.2) is 31.5 Å². The Morgan fingerprint density at radius 1 is 1.21 bits per heavy atom. The maximum absolute atomic E-state index is 12.9. The van der Waals surface area contributed by atoms with Gasteiger partial charge in [-0.15, -0.1) is 10.2 Å². The van der Waals surface area contributed by atoms with E-state index in [2.05, 4.69) is 54.5 Å². The van der Waals surface area contributed by atoms with Gasteiger partial charge in [0.15, 0.2) is 11.0 Å². The molecule has 3 rings (SSSR count). The van der Waals surface area contributed by atoms with Gasteiger partial charge in [-0.2, -0.15) is 5.26 Å². The largest absolute Gasteiger partial charge is 0.486 e. The van der Waals surface area contributed by atoms with Crippen LogP contribution in [0.1, 0.15) is 71.2 Å². The highest BCUT2D eigenvalue weighted by Gasteiger charge is 2.35. The second kappa shape index (κ2) is 11.6. The summed E-state index contributed by atoms with van der Waals surface area (Å²) in [5.74, 6) is 1.79. The van der Waals surface area contributed by atoms with E-state index in [1.165, 1.54) is 17.3 Å². The van der Waals surface area contributed by atoms with Crippen LogP contribution in [0.3, 0.4) is 0 Å². The average Bonchev–Trinajstić information content (AvgIpc) is 3.18. The van der Waals surface area contributed by atoms with Crippen LogP contribution in [0, 0.1) is 17.2 Å². The summed E-state index contributed by atoms with van der Waals surface area (Å²) in [6.07, 6.45) is 5.50. The van der Waals surface area contributed by atoms with Gasteiger partial charge in [-0.3, -0.25) is 4.79 Å². The molecule has 1 amide bonds. The second-order valence-corrected chi connectivity index (χ2v) is 10.5. The Bertz CT molecular complexity index is 958. The van der Waals surface area contributed by atoms with Crippen LogP contribution in [-0.2, 0) is 24.4 Å². The van der Waals surface area contributed by atoms with Crippen LogP contribution in [0.15, 0.2) is 29.4 Å². The van der Waals surface area contributed by atoms with Crippen LogP contribution in [0.5, 0.6) is 5.75 Å². The van der Waals surface area contributed by atoms with Crippen molar-refractivity contribution in [2.24, 2.45) is 5.92 Å². The van der Waals surface area contributed by atoms with E-state index in [-0.39, 0.29) is 11.2 Å². The number of nitrogens with one attached hydrogen (secondary N) is 1. The highest BCUT2D eigenvalue weighted by molar-refractivity contribution is 8.00. The fourth-order valence-electron chi connectivity index (χ4n) is 4.00. The van der Waals surface area contributed by atoms with Crippen molar-refractivity contribution in [3.8, 4) is 11.8 Å². The first-order chi connectivity index (χ1) is 15.9. The summed E-state index contributed by atoms with van der Waals surface area (Å²) in [5.41, 5.74) is 0.532. The molecule has 1 unspecified atom stereocenters. The molecule has 1 fully saturated rings. The molecular weight excluding hydrogens is 434 g/mol. The number of benzene rings is 1. The molecule has 0 bridgehead atoms. The smallest absolute Gasteiger partial charge is 0.234 e. The summed E-state index contributed by atoms with van der Waals surface area (Å²) in [7, 11) is 0. The minimum absolute atomic E-state index is 0.128. The SMILES string of the molecule is CCc1ccc(OCc2nnc(SC(C)C(=O)NC3(C#N)CCCCC3)n2CC(C)C)cc1. The third kappa shape index (κ3) is 6.73. The predicted octanol–water partition coefficient (Wildman–Crippen LogP) is 4.90. The Balaban J connectivity index is 1.68. The van der Waals surface area contributed by atoms with Gasteiger partial charge in [-0.05, 0) is 49.8 Å². The molecule has 1 aliphatic rings. The molecule has 1 saturated carbocycles. The molecule has 33 heavy (non-hydrogen) atoms. The molecular formula is C25H35N5O2S. The molecule has 1 aliphatic carbocycles. The van der Waals surface area contributed by atoms with Crippen molar-refractivity contribution < 1.29 is 9.53 Å². The fourth-order valence-corrected chi connectivity index (χ4v) is 4.88. The Morgan fingerprint density at radius 3 is 2.52 bits per heavy atom. The van der Waals surface area contributed by atoms with Crippen molar-refractivity contribution in [3.05, 3.63) is 35.7 Å². The normalized spacial score (nSPS) is 16.2. The number of hydrogen-bond donors (Lipinski definition) is 1. The Labute approximate surface area is 201 Å². The summed E-state index contributed by atoms with van der Waals surface area (Å²) in [6, 6.07) is 10.4. The maximum Gasteiger partial charge on any atom is 0.234 e. The number of nitrogens with zero attached hydrogens (tertiary/aromatic N) is 4. The van der Waals surface area contributed by atoms with Crippen molar-refractivity contribution in [2.75, 3.05) is 0 Å². The molecule has 1 heterocycles. The van der Waals surface area contributed by atoms with E-state index < -0.39 is 5.54 Å². The molecule has 7 nitrogen and oxygen atoms in total. The number of aryl methyl sites for hydroxylation is 1. The lowest BCUT2D eigenvalue weighted by atomic mass is 9.83. The van der Waals surface area contributed by atoms with Gasteiger partial charge in [0.1, 0.15) is 17.9 Å². The fraction of sp³-hybridized carbons (Fsp3) is 0.600. The molecule has 0 saturated heterocycles. The van der Waals surface area contributed by atoms with E-state index in [1.54, 1.807) is 0 Å². The van der Waals surface area contributed by atoms with Gasteiger partial charge >= 0.3 is 0 Å². The zero-order valence-electron chi connectivity index (χ0n) is 20.1. The number of aromatic nitrogens is 3. The Morgan fingerprint density at radius 2 is 1.91 bits per heavy atom. The standard InChI is InChI=1S/C25H35N5O2S/c1-5-20-9-11-21(12-10-20)32-16-22-28-29-24(30(22)15-18(2)3)33-19(4)23(31)27-25(17-26)13-7-6-8-14-25/h9-12,18-19H,5-8,13-16H2,1-4H3,(H,27,31). The van der Waals surface area contributed by atoms with Crippen molar-refractivity contribution >= 4 is 17.7 Å². The highest BCUT2D eigenvalue weighted by atomic mass is 32.2. The average molecular weight is 470 g/mol. The molecule has 0 radical (unpaired) electrons. The van der Waals surface area contributed by atoms with Gasteiger partial charge in [-0.25, -0.2) is 0 Å². The molecule has 1 aromatic heterocycles. The number of carbonyl (C=O) groups excluding carboxylic acids is 1. The zero-order valence-corrected chi connectivity index (χ0v) is 21.0. The number of nitriles is 1. The number of amides is 1. The number of ether oxygens (including phenoxy) is 1. The van der Waals surface area contributed by atoms with E-state index in [9.17, 15) is 10.1 Å². The van der Waals surface area contributed by atoms with Crippen LogP contribution >= 0.6 is 11.8 Å². The minimum Gasteiger partial charge on any atom is -0.486 e. The third-order valence-corrected chi connectivity index (χ3v) is 7.06. The maximum atomic E-state index is 12.9. The summed E-state index contributed by atoms with van der Waals surface area (Å²) >= 11 is 1.38. The molecule has 178 valence electrons. The van der Waals surface area contributed by atoms with Crippen molar-refractivity contribution in [1.29, 1.82) is 5.26 Å². The molecule has 1 N–H and O–H groups in total. The molecule has 8 heteroatoms. The quantitative estimate of drug-likeness (QED) is 0.498. The minimum atomic E-state index is -0.734. The van der Waals surface area contributed by atoms with Gasteiger partial charge in [0, 0.05) is 6.54 Å². The predicted molar refractivity (Wildman–Crippen MR) is 130 cm³/mol. The Hall–Kier alpha value is -2.53. The first-order valence-corrected chi connectivity index (χ1v) is 12.8. The first-order valence-electron chi connectivity index (χ1n) is 11.9. The number of thioether (sulfide) groups is 1. The molecule has 1 atom stereocenters. The monoisotopic (exact) mass is 469 g/mol. The third-order valence-electron chi connectivity index (χ3n) is 5.98. The van der Waals surface area contributed by atoms with E-state index in [4.69, 9.17) is 4.74 Å². The van der Waals surface area contributed by atoms with E-state index in [1.807, 2.05) is 23.6 Å². The van der Waals surface area contributed by atoms with Gasteiger partial charge in [0.05, 0.1) is 11.3 Å². The molecule has 0 aliphatic heterocycles. The first kappa shape index (κ1) is 25.1. The molecule has 2 aromatic rings. The van der Waals surface area contributed by atoms with Crippen LogP contribution in [0.25, 0.3) is 0 Å². The van der Waals surface area contributed by atoms with Crippen molar-refractivity contribution in [2.45, 2.75) is 95.3 Å². The number of rotatable bonds is 10. The van der Waals surface area contributed by atoms with Crippen LogP contribution in [0.2, 0.25) is 0 Å². The summed E-state index contributed by atoms with van der Waals surface area (Å²) < 4.78 is 8.00. The van der Waals surface area contributed by atoms with Crippen molar-refractivity contribution in [3.63, 3.8) is 0 Å². The summed E-state index contributed by atoms with van der Waals surface area (Å²) in [4.78, 5) is 12.9. The van der Waals surface area contributed by atoms with Crippen LogP contribution < -0.4 is 10.1 Å². The van der Waals surface area contributed by atoms with Gasteiger partial charge < -0.3 is 14.6 Å². The van der Waals surface area contributed by atoms with E-state index in [0.29, 0.717) is 17.7 Å². The lowest BCUT2D eigenvalue weighted by Gasteiger charge is -2.32. The number of hydrogen-bond acceptors (Lipinski definition) is 6.